The van der Waals surface area contributed by atoms with Gasteiger partial charge in [0.25, 0.3) is 0 Å². The third-order valence-electron chi connectivity index (χ3n) is 4.05. The van der Waals surface area contributed by atoms with Crippen molar-refractivity contribution < 1.29 is 23.5 Å². The van der Waals surface area contributed by atoms with Crippen molar-refractivity contribution >= 4 is 23.3 Å². The second-order valence-electron chi connectivity index (χ2n) is 7.58. The fraction of sp³-hybridized carbons (Fsp3) is 0.318. The number of esters is 1. The first kappa shape index (κ1) is 21.3. The van der Waals surface area contributed by atoms with Gasteiger partial charge in [-0.1, -0.05) is 32.9 Å². The van der Waals surface area contributed by atoms with Gasteiger partial charge in [0.1, 0.15) is 5.82 Å². The summed E-state index contributed by atoms with van der Waals surface area (Å²) >= 11 is 0. The lowest BCUT2D eigenvalue weighted by molar-refractivity contribution is -0.145. The van der Waals surface area contributed by atoms with Gasteiger partial charge in [0.05, 0.1) is 6.42 Å². The molecule has 148 valence electrons. The van der Waals surface area contributed by atoms with Gasteiger partial charge >= 0.3 is 5.97 Å². The Morgan fingerprint density at radius 2 is 1.57 bits per heavy atom. The third kappa shape index (κ3) is 6.01. The molecule has 2 aromatic carbocycles. The zero-order valence-electron chi connectivity index (χ0n) is 16.4. The van der Waals surface area contributed by atoms with Crippen LogP contribution in [-0.2, 0) is 20.7 Å². The first-order valence-corrected chi connectivity index (χ1v) is 8.96. The molecule has 0 saturated carbocycles. The molecule has 0 fully saturated rings. The lowest BCUT2D eigenvalue weighted by Gasteiger charge is -2.18. The van der Waals surface area contributed by atoms with Gasteiger partial charge in [-0.3, -0.25) is 14.4 Å². The number of ether oxygens (including phenoxy) is 1. The first-order valence-electron chi connectivity index (χ1n) is 8.96. The molecule has 2 rings (SSSR count). The molecule has 1 atom stereocenters. The van der Waals surface area contributed by atoms with E-state index in [9.17, 15) is 18.8 Å². The van der Waals surface area contributed by atoms with E-state index in [2.05, 4.69) is 5.32 Å². The van der Waals surface area contributed by atoms with E-state index < -0.39 is 17.5 Å². The van der Waals surface area contributed by atoms with Crippen LogP contribution in [0.1, 0.15) is 43.6 Å². The SMILES string of the molecule is C[C@H](OC(=O)Cc1ccc(F)cc1)C(=O)c1ccc(NC(=O)C(C)(C)C)cc1. The third-order valence-corrected chi connectivity index (χ3v) is 4.05. The number of nitrogens with one attached hydrogen (secondary N) is 1. The number of carbonyl (C=O) groups excluding carboxylic acids is 3. The fourth-order valence-electron chi connectivity index (χ4n) is 2.33. The molecule has 5 nitrogen and oxygen atoms in total. The van der Waals surface area contributed by atoms with Gasteiger partial charge in [0, 0.05) is 16.7 Å². The highest BCUT2D eigenvalue weighted by atomic mass is 19.1. The standard InChI is InChI=1S/C22H24FNO4/c1-14(28-19(25)13-15-5-9-17(23)10-6-15)20(26)16-7-11-18(12-8-16)24-21(27)22(2,3)4/h5-12,14H,13H2,1-4H3,(H,24,27)/t14-/m0/s1. The zero-order chi connectivity index (χ0) is 20.9. The summed E-state index contributed by atoms with van der Waals surface area (Å²) in [6.07, 6.45) is -1.00. The molecule has 0 aliphatic heterocycles. The molecule has 0 spiro atoms. The molecule has 2 aromatic rings. The van der Waals surface area contributed by atoms with Crippen molar-refractivity contribution in [2.24, 2.45) is 5.41 Å². The number of amides is 1. The van der Waals surface area contributed by atoms with Crippen molar-refractivity contribution in [2.75, 3.05) is 5.32 Å². The quantitative estimate of drug-likeness (QED) is 0.598. The minimum Gasteiger partial charge on any atom is -0.454 e. The molecule has 1 amide bonds. The summed E-state index contributed by atoms with van der Waals surface area (Å²) in [5.41, 5.74) is 1.03. The van der Waals surface area contributed by atoms with Crippen molar-refractivity contribution in [3.8, 4) is 0 Å². The summed E-state index contributed by atoms with van der Waals surface area (Å²) in [5.74, 6) is -1.43. The number of benzene rings is 2. The number of anilines is 1. The molecule has 0 aromatic heterocycles. The minimum atomic E-state index is -0.956. The van der Waals surface area contributed by atoms with Crippen LogP contribution in [0.15, 0.2) is 48.5 Å². The highest BCUT2D eigenvalue weighted by Gasteiger charge is 2.22. The number of carbonyl (C=O) groups is 3. The molecule has 0 aliphatic carbocycles. The summed E-state index contributed by atoms with van der Waals surface area (Å²) in [6.45, 7) is 6.92. The summed E-state index contributed by atoms with van der Waals surface area (Å²) in [5, 5.41) is 2.78. The maximum absolute atomic E-state index is 12.9. The Morgan fingerprint density at radius 3 is 2.11 bits per heavy atom. The monoisotopic (exact) mass is 385 g/mol. The largest absolute Gasteiger partial charge is 0.454 e. The Hall–Kier alpha value is -3.02. The van der Waals surface area contributed by atoms with Gasteiger partial charge in [0.15, 0.2) is 6.10 Å². The second-order valence-corrected chi connectivity index (χ2v) is 7.58. The highest BCUT2D eigenvalue weighted by molar-refractivity contribution is 6.01. The van der Waals surface area contributed by atoms with Gasteiger partial charge in [-0.15, -0.1) is 0 Å². The fourth-order valence-corrected chi connectivity index (χ4v) is 2.33. The summed E-state index contributed by atoms with van der Waals surface area (Å²) < 4.78 is 18.1. The molecule has 0 unspecified atom stereocenters. The van der Waals surface area contributed by atoms with Gasteiger partial charge in [0.2, 0.25) is 11.7 Å². The van der Waals surface area contributed by atoms with Crippen LogP contribution in [0.4, 0.5) is 10.1 Å². The van der Waals surface area contributed by atoms with Crippen LogP contribution in [0.25, 0.3) is 0 Å². The maximum atomic E-state index is 12.9. The second kappa shape index (κ2) is 8.78. The van der Waals surface area contributed by atoms with Gasteiger partial charge in [-0.05, 0) is 48.9 Å². The van der Waals surface area contributed by atoms with Crippen molar-refractivity contribution in [3.63, 3.8) is 0 Å². The van der Waals surface area contributed by atoms with E-state index in [4.69, 9.17) is 4.74 Å². The maximum Gasteiger partial charge on any atom is 0.310 e. The summed E-state index contributed by atoms with van der Waals surface area (Å²) in [4.78, 5) is 36.4. The van der Waals surface area contributed by atoms with Crippen LogP contribution in [0.2, 0.25) is 0 Å². The van der Waals surface area contributed by atoms with E-state index in [1.807, 2.05) is 20.8 Å². The number of hydrogen-bond acceptors (Lipinski definition) is 4. The number of hydrogen-bond donors (Lipinski definition) is 1. The first-order chi connectivity index (χ1) is 13.1. The predicted molar refractivity (Wildman–Crippen MR) is 105 cm³/mol. The zero-order valence-corrected chi connectivity index (χ0v) is 16.4. The molecule has 1 N–H and O–H groups in total. The van der Waals surface area contributed by atoms with Crippen LogP contribution in [0, 0.1) is 11.2 Å². The highest BCUT2D eigenvalue weighted by Crippen LogP contribution is 2.18. The van der Waals surface area contributed by atoms with Crippen molar-refractivity contribution in [3.05, 3.63) is 65.5 Å². The van der Waals surface area contributed by atoms with Crippen molar-refractivity contribution in [1.82, 2.24) is 0 Å². The van der Waals surface area contributed by atoms with E-state index in [0.29, 0.717) is 16.8 Å². The average Bonchev–Trinajstić information content (AvgIpc) is 2.62. The molecule has 28 heavy (non-hydrogen) atoms. The molecule has 0 saturated heterocycles. The lowest BCUT2D eigenvalue weighted by atomic mass is 9.95. The smallest absolute Gasteiger partial charge is 0.310 e. The van der Waals surface area contributed by atoms with E-state index in [1.165, 1.54) is 31.2 Å². The Balaban J connectivity index is 1.94. The molecular formula is C22H24FNO4. The molecular weight excluding hydrogens is 361 g/mol. The number of halogens is 1. The van der Waals surface area contributed by atoms with Gasteiger partial charge in [-0.2, -0.15) is 0 Å². The Kier molecular flexibility index (Phi) is 6.67. The van der Waals surface area contributed by atoms with Crippen molar-refractivity contribution in [1.29, 1.82) is 0 Å². The minimum absolute atomic E-state index is 0.0460. The van der Waals surface area contributed by atoms with E-state index in [1.54, 1.807) is 24.3 Å². The molecule has 0 heterocycles. The molecule has 6 heteroatoms. The number of ketones is 1. The summed E-state index contributed by atoms with van der Waals surface area (Å²) in [7, 11) is 0. The topological polar surface area (TPSA) is 72.5 Å². The Morgan fingerprint density at radius 1 is 1.00 bits per heavy atom. The normalized spacial score (nSPS) is 12.2. The number of rotatable bonds is 6. The van der Waals surface area contributed by atoms with Crippen LogP contribution >= 0.6 is 0 Å². The van der Waals surface area contributed by atoms with E-state index in [-0.39, 0.29) is 23.9 Å². The Labute approximate surface area is 163 Å². The van der Waals surface area contributed by atoms with Crippen LogP contribution < -0.4 is 5.32 Å². The average molecular weight is 385 g/mol. The Bertz CT molecular complexity index is 852. The van der Waals surface area contributed by atoms with Crippen molar-refractivity contribution in [2.45, 2.75) is 40.2 Å². The predicted octanol–water partition coefficient (Wildman–Crippen LogP) is 4.17. The molecule has 0 radical (unpaired) electrons. The van der Waals surface area contributed by atoms with Crippen LogP contribution in [-0.4, -0.2) is 23.8 Å². The van der Waals surface area contributed by atoms with Crippen LogP contribution in [0.5, 0.6) is 0 Å². The van der Waals surface area contributed by atoms with Gasteiger partial charge in [-0.25, -0.2) is 4.39 Å². The van der Waals surface area contributed by atoms with Crippen LogP contribution in [0.3, 0.4) is 0 Å². The summed E-state index contributed by atoms with van der Waals surface area (Å²) in [6, 6.07) is 11.9. The lowest BCUT2D eigenvalue weighted by Crippen LogP contribution is -2.27. The van der Waals surface area contributed by atoms with Gasteiger partial charge < -0.3 is 10.1 Å². The number of Topliss-reactive ketones (excluding diaryl/α,β-unsaturated/α-hetero) is 1. The van der Waals surface area contributed by atoms with E-state index in [0.717, 1.165) is 0 Å². The van der Waals surface area contributed by atoms with E-state index >= 15 is 0 Å². The molecule has 0 aliphatic rings. The molecule has 0 bridgehead atoms.